The first-order valence-electron chi connectivity index (χ1n) is 5.90. The number of hydrogen-bond donors (Lipinski definition) is 1. The first kappa shape index (κ1) is 12.9. The van der Waals surface area contributed by atoms with Crippen LogP contribution < -0.4 is 5.73 Å². The van der Waals surface area contributed by atoms with Crippen LogP contribution in [0.25, 0.3) is 0 Å². The maximum absolute atomic E-state index is 11.6. The van der Waals surface area contributed by atoms with Gasteiger partial charge in [0.1, 0.15) is 5.78 Å². The molecule has 2 nitrogen and oxygen atoms in total. The van der Waals surface area contributed by atoms with Gasteiger partial charge in [-0.1, -0.05) is 44.2 Å². The molecule has 0 heterocycles. The highest BCUT2D eigenvalue weighted by Gasteiger charge is 2.15. The fourth-order valence-corrected chi connectivity index (χ4v) is 1.71. The van der Waals surface area contributed by atoms with Crippen LogP contribution in [0.5, 0.6) is 0 Å². The average molecular weight is 219 g/mol. The zero-order valence-corrected chi connectivity index (χ0v) is 10.1. The Balaban J connectivity index is 2.53. The summed E-state index contributed by atoms with van der Waals surface area (Å²) in [5.41, 5.74) is 6.98. The molecule has 1 atom stereocenters. The molecule has 0 radical (unpaired) electrons. The lowest BCUT2D eigenvalue weighted by Crippen LogP contribution is -2.22. The lowest BCUT2D eigenvalue weighted by atomic mass is 9.91. The van der Waals surface area contributed by atoms with Gasteiger partial charge in [0.25, 0.3) is 0 Å². The number of ketones is 1. The summed E-state index contributed by atoms with van der Waals surface area (Å²) in [6.45, 7) is 4.46. The van der Waals surface area contributed by atoms with Crippen molar-refractivity contribution in [3.63, 3.8) is 0 Å². The molecular formula is C14H21NO. The first-order valence-corrected chi connectivity index (χ1v) is 5.90. The van der Waals surface area contributed by atoms with Gasteiger partial charge < -0.3 is 5.73 Å². The van der Waals surface area contributed by atoms with Crippen LogP contribution in [0, 0.1) is 11.8 Å². The van der Waals surface area contributed by atoms with Crippen molar-refractivity contribution in [1.82, 2.24) is 0 Å². The summed E-state index contributed by atoms with van der Waals surface area (Å²) in [5, 5.41) is 0. The van der Waals surface area contributed by atoms with Crippen LogP contribution in [0.2, 0.25) is 0 Å². The zero-order valence-electron chi connectivity index (χ0n) is 10.1. The van der Waals surface area contributed by atoms with Crippen molar-refractivity contribution < 1.29 is 4.79 Å². The molecule has 0 saturated carbocycles. The van der Waals surface area contributed by atoms with Gasteiger partial charge in [-0.2, -0.15) is 0 Å². The molecule has 0 aliphatic heterocycles. The summed E-state index contributed by atoms with van der Waals surface area (Å²) in [6, 6.07) is 10.2. The van der Waals surface area contributed by atoms with Gasteiger partial charge >= 0.3 is 0 Å². The predicted octanol–water partition coefficient (Wildman–Crippen LogP) is 2.42. The largest absolute Gasteiger partial charge is 0.330 e. The van der Waals surface area contributed by atoms with E-state index in [-0.39, 0.29) is 11.8 Å². The lowest BCUT2D eigenvalue weighted by molar-refractivity contribution is -0.122. The number of carbonyl (C=O) groups is 1. The molecule has 0 bridgehead atoms. The second kappa shape index (κ2) is 6.44. The summed E-state index contributed by atoms with van der Waals surface area (Å²) in [6.07, 6.45) is 1.50. The summed E-state index contributed by atoms with van der Waals surface area (Å²) in [4.78, 5) is 11.6. The lowest BCUT2D eigenvalue weighted by Gasteiger charge is -2.15. The Bertz CT molecular complexity index is 319. The molecule has 1 rings (SSSR count). The molecule has 0 aromatic heterocycles. The quantitative estimate of drug-likeness (QED) is 0.798. The van der Waals surface area contributed by atoms with E-state index in [4.69, 9.17) is 5.73 Å². The molecule has 0 fully saturated rings. The molecule has 0 amide bonds. The van der Waals surface area contributed by atoms with Crippen LogP contribution in [-0.2, 0) is 11.2 Å². The Hall–Kier alpha value is -1.15. The molecule has 1 aromatic carbocycles. The van der Waals surface area contributed by atoms with Gasteiger partial charge in [-0.15, -0.1) is 0 Å². The smallest absolute Gasteiger partial charge is 0.135 e. The van der Waals surface area contributed by atoms with Crippen LogP contribution in [0.15, 0.2) is 30.3 Å². The topological polar surface area (TPSA) is 43.1 Å². The van der Waals surface area contributed by atoms with E-state index in [1.54, 1.807) is 0 Å². The molecule has 1 aromatic rings. The van der Waals surface area contributed by atoms with Gasteiger partial charge in [-0.05, 0) is 24.4 Å². The van der Waals surface area contributed by atoms with E-state index in [0.29, 0.717) is 18.7 Å². The number of hydrogen-bond acceptors (Lipinski definition) is 2. The standard InChI is InChI=1S/C14H21NO/c1-11(2)14(16)9-13(10-15)8-12-6-4-3-5-7-12/h3-7,11,13H,8-10,15H2,1-2H3/t13-/m0/s1. The van der Waals surface area contributed by atoms with E-state index in [0.717, 1.165) is 6.42 Å². The second-order valence-electron chi connectivity index (χ2n) is 4.62. The zero-order chi connectivity index (χ0) is 12.0. The number of nitrogens with two attached hydrogens (primary N) is 1. The van der Waals surface area contributed by atoms with Crippen molar-refractivity contribution in [2.75, 3.05) is 6.54 Å². The third-order valence-electron chi connectivity index (χ3n) is 2.83. The first-order chi connectivity index (χ1) is 7.63. The summed E-state index contributed by atoms with van der Waals surface area (Å²) >= 11 is 0. The Morgan fingerprint density at radius 1 is 1.25 bits per heavy atom. The van der Waals surface area contributed by atoms with Gasteiger partial charge in [-0.25, -0.2) is 0 Å². The Labute approximate surface area is 97.9 Å². The SMILES string of the molecule is CC(C)C(=O)C[C@@H](CN)Cc1ccccc1. The normalized spacial score (nSPS) is 12.8. The summed E-state index contributed by atoms with van der Waals surface area (Å²) < 4.78 is 0. The molecule has 0 saturated heterocycles. The van der Waals surface area contributed by atoms with E-state index in [1.807, 2.05) is 32.0 Å². The monoisotopic (exact) mass is 219 g/mol. The Kier molecular flexibility index (Phi) is 5.20. The van der Waals surface area contributed by atoms with Crippen molar-refractivity contribution in [1.29, 1.82) is 0 Å². The number of rotatable bonds is 6. The van der Waals surface area contributed by atoms with Crippen LogP contribution in [0.4, 0.5) is 0 Å². The molecule has 16 heavy (non-hydrogen) atoms. The minimum Gasteiger partial charge on any atom is -0.330 e. The fraction of sp³-hybridized carbons (Fsp3) is 0.500. The minimum absolute atomic E-state index is 0.116. The van der Waals surface area contributed by atoms with Crippen LogP contribution in [-0.4, -0.2) is 12.3 Å². The average Bonchev–Trinajstić information content (AvgIpc) is 2.29. The molecular weight excluding hydrogens is 198 g/mol. The van der Waals surface area contributed by atoms with E-state index in [9.17, 15) is 4.79 Å². The van der Waals surface area contributed by atoms with Crippen molar-refractivity contribution in [3.8, 4) is 0 Å². The third kappa shape index (κ3) is 4.15. The van der Waals surface area contributed by atoms with Crippen LogP contribution in [0.3, 0.4) is 0 Å². The van der Waals surface area contributed by atoms with Gasteiger partial charge in [0.2, 0.25) is 0 Å². The Morgan fingerprint density at radius 3 is 2.38 bits per heavy atom. The number of benzene rings is 1. The van der Waals surface area contributed by atoms with Gasteiger partial charge in [0, 0.05) is 12.3 Å². The van der Waals surface area contributed by atoms with E-state index >= 15 is 0 Å². The maximum Gasteiger partial charge on any atom is 0.135 e. The van der Waals surface area contributed by atoms with Crippen molar-refractivity contribution in [3.05, 3.63) is 35.9 Å². The van der Waals surface area contributed by atoms with Gasteiger partial charge in [0.15, 0.2) is 0 Å². The highest BCUT2D eigenvalue weighted by atomic mass is 16.1. The van der Waals surface area contributed by atoms with Gasteiger partial charge in [0.05, 0.1) is 0 Å². The minimum atomic E-state index is 0.116. The molecule has 2 heteroatoms. The molecule has 88 valence electrons. The molecule has 0 unspecified atom stereocenters. The van der Waals surface area contributed by atoms with Crippen molar-refractivity contribution >= 4 is 5.78 Å². The second-order valence-corrected chi connectivity index (χ2v) is 4.62. The van der Waals surface area contributed by atoms with Crippen molar-refractivity contribution in [2.45, 2.75) is 26.7 Å². The van der Waals surface area contributed by atoms with E-state index in [2.05, 4.69) is 12.1 Å². The highest BCUT2D eigenvalue weighted by molar-refractivity contribution is 5.80. The van der Waals surface area contributed by atoms with E-state index < -0.39 is 0 Å². The highest BCUT2D eigenvalue weighted by Crippen LogP contribution is 2.14. The summed E-state index contributed by atoms with van der Waals surface area (Å²) in [7, 11) is 0. The number of Topliss-reactive ketones (excluding diaryl/α,β-unsaturated/α-hetero) is 1. The third-order valence-corrected chi connectivity index (χ3v) is 2.83. The molecule has 0 spiro atoms. The predicted molar refractivity (Wildman–Crippen MR) is 67.2 cm³/mol. The van der Waals surface area contributed by atoms with Crippen LogP contribution >= 0.6 is 0 Å². The van der Waals surface area contributed by atoms with Gasteiger partial charge in [-0.3, -0.25) is 4.79 Å². The van der Waals surface area contributed by atoms with Crippen LogP contribution in [0.1, 0.15) is 25.8 Å². The summed E-state index contributed by atoms with van der Waals surface area (Å²) in [5.74, 6) is 0.702. The number of carbonyl (C=O) groups excluding carboxylic acids is 1. The Morgan fingerprint density at radius 2 is 1.88 bits per heavy atom. The molecule has 0 aliphatic rings. The maximum atomic E-state index is 11.6. The van der Waals surface area contributed by atoms with E-state index in [1.165, 1.54) is 5.56 Å². The fourth-order valence-electron chi connectivity index (χ4n) is 1.71. The molecule has 2 N–H and O–H groups in total. The van der Waals surface area contributed by atoms with Crippen molar-refractivity contribution in [2.24, 2.45) is 17.6 Å². The molecule has 0 aliphatic carbocycles.